The largest absolute Gasteiger partial charge is 0.357 e. The Morgan fingerprint density at radius 3 is 2.60 bits per heavy atom. The SMILES string of the molecule is CCN(CC)c1ccc(-c2nc3ccccc3n2CC(=O)NN)cn1. The Hall–Kier alpha value is -2.93. The number of nitrogens with zero attached hydrogens (tertiary/aromatic N) is 4. The molecule has 25 heavy (non-hydrogen) atoms. The molecule has 0 spiro atoms. The van der Waals surface area contributed by atoms with E-state index in [0.717, 1.165) is 35.5 Å². The van der Waals surface area contributed by atoms with Crippen LogP contribution in [0.25, 0.3) is 22.4 Å². The zero-order valence-electron chi connectivity index (χ0n) is 14.4. The number of aromatic nitrogens is 3. The van der Waals surface area contributed by atoms with Crippen LogP contribution >= 0.6 is 0 Å². The molecule has 0 aliphatic rings. The maximum Gasteiger partial charge on any atom is 0.253 e. The third kappa shape index (κ3) is 3.32. The molecule has 0 fully saturated rings. The van der Waals surface area contributed by atoms with E-state index in [1.54, 1.807) is 6.20 Å². The van der Waals surface area contributed by atoms with Crippen LogP contribution in [0.5, 0.6) is 0 Å². The summed E-state index contributed by atoms with van der Waals surface area (Å²) >= 11 is 0. The Kier molecular flexibility index (Phi) is 4.95. The van der Waals surface area contributed by atoms with E-state index in [1.807, 2.05) is 41.0 Å². The second-order valence-corrected chi connectivity index (χ2v) is 5.66. The molecule has 3 N–H and O–H groups in total. The van der Waals surface area contributed by atoms with Crippen LogP contribution < -0.4 is 16.2 Å². The molecule has 1 aromatic carbocycles. The molecule has 3 rings (SSSR count). The number of amides is 1. The molecule has 0 saturated carbocycles. The predicted molar refractivity (Wildman–Crippen MR) is 98.9 cm³/mol. The van der Waals surface area contributed by atoms with Gasteiger partial charge in [0.05, 0.1) is 11.0 Å². The topological polar surface area (TPSA) is 89.1 Å². The highest BCUT2D eigenvalue weighted by atomic mass is 16.2. The number of para-hydroxylation sites is 2. The van der Waals surface area contributed by atoms with Gasteiger partial charge in [0.2, 0.25) is 0 Å². The Morgan fingerprint density at radius 2 is 1.96 bits per heavy atom. The number of pyridine rings is 1. The second kappa shape index (κ2) is 7.31. The zero-order valence-corrected chi connectivity index (χ0v) is 14.4. The molecule has 0 aliphatic carbocycles. The van der Waals surface area contributed by atoms with Gasteiger partial charge in [0, 0.05) is 24.8 Å². The monoisotopic (exact) mass is 338 g/mol. The third-order valence-corrected chi connectivity index (χ3v) is 4.21. The molecule has 2 heterocycles. The van der Waals surface area contributed by atoms with Crippen LogP contribution in [-0.4, -0.2) is 33.5 Å². The summed E-state index contributed by atoms with van der Waals surface area (Å²) < 4.78 is 1.85. The fraction of sp³-hybridized carbons (Fsp3) is 0.278. The van der Waals surface area contributed by atoms with Gasteiger partial charge in [-0.2, -0.15) is 0 Å². The minimum atomic E-state index is -0.280. The smallest absolute Gasteiger partial charge is 0.253 e. The highest BCUT2D eigenvalue weighted by molar-refractivity contribution is 5.84. The normalized spacial score (nSPS) is 10.8. The number of hydrogen-bond acceptors (Lipinski definition) is 5. The van der Waals surface area contributed by atoms with Crippen molar-refractivity contribution in [3.05, 3.63) is 42.6 Å². The molecule has 3 aromatic rings. The Bertz CT molecular complexity index is 867. The van der Waals surface area contributed by atoms with Crippen LogP contribution in [-0.2, 0) is 11.3 Å². The van der Waals surface area contributed by atoms with Crippen molar-refractivity contribution in [2.45, 2.75) is 20.4 Å². The summed E-state index contributed by atoms with van der Waals surface area (Å²) in [5, 5.41) is 0. The average Bonchev–Trinajstić information content (AvgIpc) is 3.02. The van der Waals surface area contributed by atoms with Gasteiger partial charge in [-0.15, -0.1) is 0 Å². The Morgan fingerprint density at radius 1 is 1.20 bits per heavy atom. The van der Waals surface area contributed by atoms with Gasteiger partial charge in [0.25, 0.3) is 5.91 Å². The standard InChI is InChI=1S/C18H22N6O/c1-3-23(4-2)16-10-9-13(11-20-16)18-21-14-7-5-6-8-15(14)24(18)12-17(25)22-19/h5-11H,3-4,12,19H2,1-2H3,(H,22,25). The van der Waals surface area contributed by atoms with Gasteiger partial charge >= 0.3 is 0 Å². The molecule has 0 unspecified atom stereocenters. The van der Waals surface area contributed by atoms with E-state index in [2.05, 4.69) is 34.1 Å². The summed E-state index contributed by atoms with van der Waals surface area (Å²) in [5.74, 6) is 6.60. The molecule has 0 aliphatic heterocycles. The van der Waals surface area contributed by atoms with Gasteiger partial charge in [-0.3, -0.25) is 10.2 Å². The highest BCUT2D eigenvalue weighted by Gasteiger charge is 2.15. The first kappa shape index (κ1) is 16.9. The number of fused-ring (bicyclic) bond motifs is 1. The van der Waals surface area contributed by atoms with Gasteiger partial charge < -0.3 is 9.47 Å². The fourth-order valence-corrected chi connectivity index (χ4v) is 2.90. The lowest BCUT2D eigenvalue weighted by molar-refractivity contribution is -0.121. The average molecular weight is 338 g/mol. The van der Waals surface area contributed by atoms with E-state index in [9.17, 15) is 4.79 Å². The summed E-state index contributed by atoms with van der Waals surface area (Å²) in [5.41, 5.74) is 4.75. The lowest BCUT2D eigenvalue weighted by Crippen LogP contribution is -2.33. The fourth-order valence-electron chi connectivity index (χ4n) is 2.90. The minimum absolute atomic E-state index is 0.101. The first-order valence-corrected chi connectivity index (χ1v) is 8.34. The molecular weight excluding hydrogens is 316 g/mol. The second-order valence-electron chi connectivity index (χ2n) is 5.66. The van der Waals surface area contributed by atoms with Crippen molar-refractivity contribution in [1.82, 2.24) is 20.0 Å². The summed E-state index contributed by atoms with van der Waals surface area (Å²) in [6.07, 6.45) is 1.80. The van der Waals surface area contributed by atoms with E-state index in [1.165, 1.54) is 0 Å². The molecule has 7 heteroatoms. The van der Waals surface area contributed by atoms with Crippen molar-refractivity contribution in [1.29, 1.82) is 0 Å². The number of nitrogens with one attached hydrogen (secondary N) is 1. The molecule has 130 valence electrons. The molecule has 0 saturated heterocycles. The van der Waals surface area contributed by atoms with Gasteiger partial charge in [0.1, 0.15) is 18.2 Å². The number of hydrazine groups is 1. The van der Waals surface area contributed by atoms with E-state index in [-0.39, 0.29) is 12.5 Å². The van der Waals surface area contributed by atoms with E-state index in [4.69, 9.17) is 5.84 Å². The number of hydrogen-bond donors (Lipinski definition) is 2. The van der Waals surface area contributed by atoms with E-state index < -0.39 is 0 Å². The lowest BCUT2D eigenvalue weighted by atomic mass is 10.2. The van der Waals surface area contributed by atoms with Crippen molar-refractivity contribution >= 4 is 22.8 Å². The van der Waals surface area contributed by atoms with Gasteiger partial charge in [0.15, 0.2) is 0 Å². The molecule has 0 atom stereocenters. The van der Waals surface area contributed by atoms with Crippen LogP contribution in [0.3, 0.4) is 0 Å². The number of imidazole rings is 1. The van der Waals surface area contributed by atoms with Crippen LogP contribution in [0.1, 0.15) is 13.8 Å². The third-order valence-electron chi connectivity index (χ3n) is 4.21. The van der Waals surface area contributed by atoms with Gasteiger partial charge in [-0.25, -0.2) is 15.8 Å². The maximum absolute atomic E-state index is 11.8. The molecule has 0 bridgehead atoms. The van der Waals surface area contributed by atoms with Gasteiger partial charge in [-0.05, 0) is 38.1 Å². The van der Waals surface area contributed by atoms with Crippen LogP contribution in [0, 0.1) is 0 Å². The summed E-state index contributed by atoms with van der Waals surface area (Å²) in [7, 11) is 0. The number of benzene rings is 1. The number of nitrogens with two attached hydrogens (primary N) is 1. The molecular formula is C18H22N6O. The van der Waals surface area contributed by atoms with Crippen molar-refractivity contribution in [2.75, 3.05) is 18.0 Å². The highest BCUT2D eigenvalue weighted by Crippen LogP contribution is 2.25. The van der Waals surface area contributed by atoms with Crippen LogP contribution in [0.2, 0.25) is 0 Å². The maximum atomic E-state index is 11.8. The minimum Gasteiger partial charge on any atom is -0.357 e. The van der Waals surface area contributed by atoms with Gasteiger partial charge in [-0.1, -0.05) is 12.1 Å². The van der Waals surface area contributed by atoms with E-state index >= 15 is 0 Å². The van der Waals surface area contributed by atoms with E-state index in [0.29, 0.717) is 5.82 Å². The number of carbonyl (C=O) groups is 1. The first-order chi connectivity index (χ1) is 12.2. The number of rotatable bonds is 6. The van der Waals surface area contributed by atoms with Crippen LogP contribution in [0.15, 0.2) is 42.6 Å². The zero-order chi connectivity index (χ0) is 17.8. The molecule has 7 nitrogen and oxygen atoms in total. The van der Waals surface area contributed by atoms with Crippen molar-refractivity contribution < 1.29 is 4.79 Å². The van der Waals surface area contributed by atoms with Crippen LogP contribution in [0.4, 0.5) is 5.82 Å². The molecule has 1 amide bonds. The van der Waals surface area contributed by atoms with Crippen molar-refractivity contribution in [2.24, 2.45) is 5.84 Å². The van der Waals surface area contributed by atoms with Crippen molar-refractivity contribution in [3.63, 3.8) is 0 Å². The Balaban J connectivity index is 2.05. The quantitative estimate of drug-likeness (QED) is 0.407. The predicted octanol–water partition coefficient (Wildman–Crippen LogP) is 1.93. The summed E-state index contributed by atoms with van der Waals surface area (Å²) in [6, 6.07) is 11.7. The molecule has 0 radical (unpaired) electrons. The Labute approximate surface area is 146 Å². The summed E-state index contributed by atoms with van der Waals surface area (Å²) in [4.78, 5) is 23.2. The number of anilines is 1. The lowest BCUT2D eigenvalue weighted by Gasteiger charge is -2.19. The molecule has 2 aromatic heterocycles. The first-order valence-electron chi connectivity index (χ1n) is 8.34. The summed E-state index contributed by atoms with van der Waals surface area (Å²) in [6.45, 7) is 6.11. The van der Waals surface area contributed by atoms with Crippen molar-refractivity contribution in [3.8, 4) is 11.4 Å². The number of carbonyl (C=O) groups excluding carboxylic acids is 1.